The fourth-order valence-corrected chi connectivity index (χ4v) is 1.92. The predicted octanol–water partition coefficient (Wildman–Crippen LogP) is 0.804. The van der Waals surface area contributed by atoms with Crippen molar-refractivity contribution in [1.82, 2.24) is 14.9 Å². The van der Waals surface area contributed by atoms with Gasteiger partial charge in [0, 0.05) is 6.54 Å². The van der Waals surface area contributed by atoms with Gasteiger partial charge in [0.05, 0.1) is 11.0 Å². The summed E-state index contributed by atoms with van der Waals surface area (Å²) in [6, 6.07) is 5.19. The minimum atomic E-state index is -0.826. The molecule has 0 aliphatic rings. The molecular formula is C13H17N3O3. The number of rotatable bonds is 5. The molecule has 1 aromatic carbocycles. The fraction of sp³-hybridized carbons (Fsp3) is 0.385. The lowest BCUT2D eigenvalue weighted by atomic mass is 10.1. The number of aromatic nitrogens is 2. The number of nitrogens with zero attached hydrogens (tertiary/aromatic N) is 1. The maximum Gasteiger partial charge on any atom is 0.323 e. The van der Waals surface area contributed by atoms with E-state index in [0.29, 0.717) is 6.54 Å². The van der Waals surface area contributed by atoms with Crippen molar-refractivity contribution in [3.05, 3.63) is 34.2 Å². The van der Waals surface area contributed by atoms with E-state index in [1.807, 2.05) is 18.2 Å². The van der Waals surface area contributed by atoms with Crippen molar-refractivity contribution in [3.8, 4) is 0 Å². The number of fused-ring (bicyclic) bond motifs is 1. The molecule has 1 heterocycles. The third-order valence-corrected chi connectivity index (χ3v) is 3.35. The number of hydrogen-bond acceptors (Lipinski definition) is 3. The van der Waals surface area contributed by atoms with Gasteiger partial charge in [-0.05, 0) is 38.1 Å². The van der Waals surface area contributed by atoms with Crippen LogP contribution in [0.3, 0.4) is 0 Å². The van der Waals surface area contributed by atoms with Gasteiger partial charge in [-0.2, -0.15) is 0 Å². The molecular weight excluding hydrogens is 246 g/mol. The zero-order chi connectivity index (χ0) is 14.0. The van der Waals surface area contributed by atoms with Crippen molar-refractivity contribution in [2.45, 2.75) is 19.4 Å². The molecule has 0 saturated heterocycles. The first-order valence-corrected chi connectivity index (χ1v) is 6.11. The van der Waals surface area contributed by atoms with E-state index in [1.54, 1.807) is 18.9 Å². The van der Waals surface area contributed by atoms with E-state index in [-0.39, 0.29) is 5.69 Å². The summed E-state index contributed by atoms with van der Waals surface area (Å²) in [6.07, 6.45) is 0.733. The number of carboxylic acid groups (broad SMARTS) is 1. The van der Waals surface area contributed by atoms with Gasteiger partial charge in [0.2, 0.25) is 0 Å². The minimum Gasteiger partial charge on any atom is -0.480 e. The molecule has 0 aliphatic carbocycles. The van der Waals surface area contributed by atoms with Gasteiger partial charge >= 0.3 is 11.7 Å². The van der Waals surface area contributed by atoms with E-state index in [2.05, 4.69) is 9.97 Å². The number of nitrogens with one attached hydrogen (secondary N) is 2. The smallest absolute Gasteiger partial charge is 0.323 e. The number of imidazole rings is 1. The highest BCUT2D eigenvalue weighted by Crippen LogP contribution is 2.11. The third-order valence-electron chi connectivity index (χ3n) is 3.35. The van der Waals surface area contributed by atoms with Gasteiger partial charge in [0.25, 0.3) is 0 Å². The molecule has 19 heavy (non-hydrogen) atoms. The summed E-state index contributed by atoms with van der Waals surface area (Å²) < 4.78 is 0. The van der Waals surface area contributed by atoms with E-state index in [9.17, 15) is 9.59 Å². The second kappa shape index (κ2) is 5.27. The van der Waals surface area contributed by atoms with Crippen LogP contribution in [0.5, 0.6) is 0 Å². The lowest BCUT2D eigenvalue weighted by molar-refractivity contribution is -0.142. The second-order valence-electron chi connectivity index (χ2n) is 4.70. The first-order valence-electron chi connectivity index (χ1n) is 6.11. The van der Waals surface area contributed by atoms with E-state index >= 15 is 0 Å². The topological polar surface area (TPSA) is 89.2 Å². The van der Waals surface area contributed by atoms with Gasteiger partial charge in [0.1, 0.15) is 6.04 Å². The van der Waals surface area contributed by atoms with Crippen LogP contribution in [0.2, 0.25) is 0 Å². The zero-order valence-corrected chi connectivity index (χ0v) is 10.9. The average Bonchev–Trinajstić information content (AvgIpc) is 2.74. The molecule has 0 fully saturated rings. The summed E-state index contributed by atoms with van der Waals surface area (Å²) >= 11 is 0. The van der Waals surface area contributed by atoms with Crippen LogP contribution in [0.25, 0.3) is 11.0 Å². The predicted molar refractivity (Wildman–Crippen MR) is 72.4 cm³/mol. The first-order chi connectivity index (χ1) is 8.97. The van der Waals surface area contributed by atoms with Crippen molar-refractivity contribution in [2.24, 2.45) is 0 Å². The van der Waals surface area contributed by atoms with Crippen LogP contribution in [-0.4, -0.2) is 45.6 Å². The molecule has 0 saturated carbocycles. The standard InChI is InChI=1S/C13H17N3O3/c1-8(12(17)18)16(2)6-5-9-3-4-10-11(7-9)15-13(19)14-10/h3-4,7-8H,5-6H2,1-2H3,(H,17,18)(H2,14,15,19). The maximum atomic E-state index is 11.1. The molecule has 2 aromatic rings. The van der Waals surface area contributed by atoms with Crippen molar-refractivity contribution < 1.29 is 9.90 Å². The number of aromatic amines is 2. The largest absolute Gasteiger partial charge is 0.480 e. The van der Waals surface area contributed by atoms with Crippen LogP contribution >= 0.6 is 0 Å². The van der Waals surface area contributed by atoms with Gasteiger partial charge in [-0.3, -0.25) is 9.69 Å². The molecule has 0 spiro atoms. The average molecular weight is 263 g/mol. The molecule has 6 heteroatoms. The Hall–Kier alpha value is -2.08. The molecule has 6 nitrogen and oxygen atoms in total. The molecule has 2 rings (SSSR count). The van der Waals surface area contributed by atoms with Gasteiger partial charge in [-0.15, -0.1) is 0 Å². The highest BCUT2D eigenvalue weighted by atomic mass is 16.4. The first kappa shape index (κ1) is 13.4. The molecule has 1 aromatic heterocycles. The quantitative estimate of drug-likeness (QED) is 0.744. The monoisotopic (exact) mass is 263 g/mol. The van der Waals surface area contributed by atoms with E-state index in [0.717, 1.165) is 23.0 Å². The Bertz CT molecular complexity index is 644. The summed E-state index contributed by atoms with van der Waals surface area (Å²) in [5, 5.41) is 8.91. The highest BCUT2D eigenvalue weighted by molar-refractivity contribution is 5.75. The summed E-state index contributed by atoms with van der Waals surface area (Å²) in [5.41, 5.74) is 2.40. The molecule has 1 atom stereocenters. The fourth-order valence-electron chi connectivity index (χ4n) is 1.92. The number of carboxylic acids is 1. The highest BCUT2D eigenvalue weighted by Gasteiger charge is 2.16. The van der Waals surface area contributed by atoms with Crippen LogP contribution in [0.4, 0.5) is 0 Å². The number of benzene rings is 1. The zero-order valence-electron chi connectivity index (χ0n) is 10.9. The normalized spacial score (nSPS) is 13.0. The molecule has 0 radical (unpaired) electrons. The van der Waals surface area contributed by atoms with E-state index < -0.39 is 12.0 Å². The van der Waals surface area contributed by atoms with Gasteiger partial charge < -0.3 is 15.1 Å². The SMILES string of the molecule is CC(C(=O)O)N(C)CCc1ccc2[nH]c(=O)[nH]c2c1. The third kappa shape index (κ3) is 3.03. The maximum absolute atomic E-state index is 11.1. The van der Waals surface area contributed by atoms with E-state index in [4.69, 9.17) is 5.11 Å². The van der Waals surface area contributed by atoms with Crippen LogP contribution in [0.1, 0.15) is 12.5 Å². The Balaban J connectivity index is 2.05. The Morgan fingerprint density at radius 1 is 1.37 bits per heavy atom. The van der Waals surface area contributed by atoms with Crippen LogP contribution in [0.15, 0.2) is 23.0 Å². The van der Waals surface area contributed by atoms with E-state index in [1.165, 1.54) is 0 Å². The van der Waals surface area contributed by atoms with Gasteiger partial charge in [-0.25, -0.2) is 4.79 Å². The van der Waals surface area contributed by atoms with Crippen LogP contribution in [-0.2, 0) is 11.2 Å². The number of H-pyrrole nitrogens is 2. The number of hydrogen-bond donors (Lipinski definition) is 3. The molecule has 0 aliphatic heterocycles. The van der Waals surface area contributed by atoms with Crippen molar-refractivity contribution in [2.75, 3.05) is 13.6 Å². The lowest BCUT2D eigenvalue weighted by Crippen LogP contribution is -2.37. The molecule has 0 bridgehead atoms. The Kier molecular flexibility index (Phi) is 3.71. The number of aliphatic carboxylic acids is 1. The molecule has 3 N–H and O–H groups in total. The Labute approximate surface area is 110 Å². The van der Waals surface area contributed by atoms with Crippen molar-refractivity contribution in [3.63, 3.8) is 0 Å². The van der Waals surface area contributed by atoms with Crippen molar-refractivity contribution in [1.29, 1.82) is 0 Å². The number of likely N-dealkylation sites (N-methyl/N-ethyl adjacent to an activating group) is 1. The van der Waals surface area contributed by atoms with Crippen LogP contribution < -0.4 is 5.69 Å². The Morgan fingerprint density at radius 3 is 2.74 bits per heavy atom. The lowest BCUT2D eigenvalue weighted by Gasteiger charge is -2.20. The summed E-state index contributed by atoms with van der Waals surface area (Å²) in [5.74, 6) is -0.826. The summed E-state index contributed by atoms with van der Waals surface area (Å²) in [6.45, 7) is 2.31. The Morgan fingerprint density at radius 2 is 2.05 bits per heavy atom. The molecule has 102 valence electrons. The second-order valence-corrected chi connectivity index (χ2v) is 4.70. The summed E-state index contributed by atoms with van der Waals surface area (Å²) in [7, 11) is 1.79. The number of carbonyl (C=O) groups is 1. The summed E-state index contributed by atoms with van der Waals surface area (Å²) in [4.78, 5) is 29.2. The van der Waals surface area contributed by atoms with Gasteiger partial charge in [0.15, 0.2) is 0 Å². The van der Waals surface area contributed by atoms with Gasteiger partial charge in [-0.1, -0.05) is 6.07 Å². The van der Waals surface area contributed by atoms with Crippen LogP contribution in [0, 0.1) is 0 Å². The molecule has 1 unspecified atom stereocenters. The van der Waals surface area contributed by atoms with Crippen molar-refractivity contribution >= 4 is 17.0 Å². The molecule has 0 amide bonds. The minimum absolute atomic E-state index is 0.219.